The lowest BCUT2D eigenvalue weighted by atomic mass is 10.0. The van der Waals surface area contributed by atoms with E-state index in [-0.39, 0.29) is 11.8 Å². The molecule has 0 saturated heterocycles. The molecule has 1 aromatic carbocycles. The molecule has 1 aliphatic heterocycles. The van der Waals surface area contributed by atoms with Crippen LogP contribution in [-0.4, -0.2) is 10.4 Å². The number of aromatic nitrogens is 2. The molecule has 1 unspecified atom stereocenters. The van der Waals surface area contributed by atoms with Gasteiger partial charge in [-0.15, -0.1) is 0 Å². The number of hydrogen-bond acceptors (Lipinski definition) is 1. The highest BCUT2D eigenvalue weighted by atomic mass is 16.1. The van der Waals surface area contributed by atoms with Crippen molar-refractivity contribution in [2.24, 2.45) is 7.05 Å². The van der Waals surface area contributed by atoms with Crippen LogP contribution in [0.3, 0.4) is 0 Å². The van der Waals surface area contributed by atoms with Gasteiger partial charge >= 0.3 is 0 Å². The van der Waals surface area contributed by atoms with Crippen LogP contribution in [0.15, 0.2) is 24.3 Å². The number of Topliss-reactive ketones (excluding diaryl/α,β-unsaturated/α-hetero) is 1. The number of ketones is 1. The predicted octanol–water partition coefficient (Wildman–Crippen LogP) is 5.01. The van der Waals surface area contributed by atoms with Crippen LogP contribution in [0, 0.1) is 0 Å². The minimum atomic E-state index is 0.0323. The Balaban J connectivity index is 0.000000728. The van der Waals surface area contributed by atoms with Crippen molar-refractivity contribution in [3.63, 3.8) is 0 Å². The molecule has 1 aromatic heterocycles. The largest absolute Gasteiger partial charge is 0.295 e. The lowest BCUT2D eigenvalue weighted by molar-refractivity contribution is -0.654. The van der Waals surface area contributed by atoms with E-state index in [2.05, 4.69) is 34.4 Å². The lowest BCUT2D eigenvalue weighted by Crippen LogP contribution is -2.36. The van der Waals surface area contributed by atoms with Crippen molar-refractivity contribution >= 4 is 16.8 Å². The van der Waals surface area contributed by atoms with Gasteiger partial charge < -0.3 is 0 Å². The summed E-state index contributed by atoms with van der Waals surface area (Å²) in [6.45, 7) is 13.7. The van der Waals surface area contributed by atoms with Gasteiger partial charge in [0, 0.05) is 6.42 Å². The van der Waals surface area contributed by atoms with E-state index in [1.54, 1.807) is 6.92 Å². The third-order valence-corrected chi connectivity index (χ3v) is 3.83. The van der Waals surface area contributed by atoms with E-state index in [4.69, 9.17) is 0 Å². The molecule has 0 saturated carbocycles. The molecule has 0 amide bonds. The van der Waals surface area contributed by atoms with E-state index < -0.39 is 0 Å². The molecule has 3 heteroatoms. The summed E-state index contributed by atoms with van der Waals surface area (Å²) in [5, 5.41) is 0. The number of nitrogens with zero attached hydrogens (tertiary/aromatic N) is 2. The van der Waals surface area contributed by atoms with Gasteiger partial charge in [-0.05, 0) is 31.9 Å². The van der Waals surface area contributed by atoms with Crippen LogP contribution in [0.5, 0.6) is 0 Å². The first kappa shape index (κ1) is 21.4. The highest BCUT2D eigenvalue weighted by Crippen LogP contribution is 2.28. The predicted molar refractivity (Wildman–Crippen MR) is 99.8 cm³/mol. The number of aryl methyl sites for hydroxylation is 1. The number of rotatable bonds is 1. The molecule has 2 aromatic rings. The second-order valence-corrected chi connectivity index (χ2v) is 4.85. The van der Waals surface area contributed by atoms with E-state index in [9.17, 15) is 4.79 Å². The van der Waals surface area contributed by atoms with Gasteiger partial charge in [-0.2, -0.15) is 0 Å². The fourth-order valence-electron chi connectivity index (χ4n) is 2.99. The maximum atomic E-state index is 11.8. The average molecular weight is 320 g/mol. The van der Waals surface area contributed by atoms with Crippen LogP contribution in [0.4, 0.5) is 0 Å². The smallest absolute Gasteiger partial charge is 0.257 e. The summed E-state index contributed by atoms with van der Waals surface area (Å²) < 4.78 is 4.46. The second-order valence-electron chi connectivity index (χ2n) is 4.85. The van der Waals surface area contributed by atoms with E-state index in [0.717, 1.165) is 19.3 Å². The first-order chi connectivity index (χ1) is 11.2. The van der Waals surface area contributed by atoms with Crippen LogP contribution in [0.2, 0.25) is 0 Å². The van der Waals surface area contributed by atoms with Crippen molar-refractivity contribution in [3.8, 4) is 0 Å². The van der Waals surface area contributed by atoms with Crippen molar-refractivity contribution in [2.75, 3.05) is 0 Å². The highest BCUT2D eigenvalue weighted by molar-refractivity contribution is 5.83. The molecule has 0 bridgehead atoms. The molecule has 0 spiro atoms. The topological polar surface area (TPSA) is 25.9 Å². The highest BCUT2D eigenvalue weighted by Gasteiger charge is 2.34. The van der Waals surface area contributed by atoms with Crippen molar-refractivity contribution < 1.29 is 9.36 Å². The van der Waals surface area contributed by atoms with Crippen molar-refractivity contribution in [3.05, 3.63) is 30.1 Å². The summed E-state index contributed by atoms with van der Waals surface area (Å²) in [5.74, 6) is 1.55. The molecule has 0 N–H and O–H groups in total. The zero-order chi connectivity index (χ0) is 18.0. The van der Waals surface area contributed by atoms with Gasteiger partial charge in [0.25, 0.3) is 5.82 Å². The van der Waals surface area contributed by atoms with E-state index in [1.807, 2.05) is 47.6 Å². The molecule has 3 nitrogen and oxygen atoms in total. The zero-order valence-electron chi connectivity index (χ0n) is 16.3. The van der Waals surface area contributed by atoms with Crippen molar-refractivity contribution in [1.82, 2.24) is 4.57 Å². The van der Waals surface area contributed by atoms with E-state index >= 15 is 0 Å². The zero-order valence-corrected chi connectivity index (χ0v) is 16.3. The summed E-state index contributed by atoms with van der Waals surface area (Å²) in [5.41, 5.74) is 2.40. The third kappa shape index (κ3) is 4.43. The Morgan fingerprint density at radius 1 is 1.09 bits per heavy atom. The fourth-order valence-corrected chi connectivity index (χ4v) is 2.99. The molecule has 1 atom stereocenters. The third-order valence-electron chi connectivity index (χ3n) is 3.83. The number of carbonyl (C=O) groups is 1. The molecule has 2 heterocycles. The maximum Gasteiger partial charge on any atom is 0.257 e. The van der Waals surface area contributed by atoms with Gasteiger partial charge in [0.05, 0.1) is 7.05 Å². The lowest BCUT2D eigenvalue weighted by Gasteiger charge is -2.17. The van der Waals surface area contributed by atoms with Crippen LogP contribution in [-0.2, 0) is 18.3 Å². The Morgan fingerprint density at radius 3 is 2.22 bits per heavy atom. The van der Waals surface area contributed by atoms with Gasteiger partial charge in [-0.1, -0.05) is 53.7 Å². The molecule has 130 valence electrons. The summed E-state index contributed by atoms with van der Waals surface area (Å²) in [4.78, 5) is 11.8. The maximum absolute atomic E-state index is 11.8. The van der Waals surface area contributed by atoms with E-state index in [1.165, 1.54) is 16.9 Å². The summed E-state index contributed by atoms with van der Waals surface area (Å²) in [6.07, 6.45) is 3.14. The van der Waals surface area contributed by atoms with Crippen LogP contribution >= 0.6 is 0 Å². The minimum absolute atomic E-state index is 0.0323. The normalized spacial score (nSPS) is 15.0. The Bertz CT molecular complexity index is 599. The monoisotopic (exact) mass is 319 g/mol. The van der Waals surface area contributed by atoms with Gasteiger partial charge in [0.1, 0.15) is 0 Å². The molecule has 0 fully saturated rings. The summed E-state index contributed by atoms with van der Waals surface area (Å²) in [7, 11) is 2.09. The van der Waals surface area contributed by atoms with Crippen LogP contribution in [0.25, 0.3) is 11.0 Å². The van der Waals surface area contributed by atoms with E-state index in [0.29, 0.717) is 0 Å². The van der Waals surface area contributed by atoms with Crippen molar-refractivity contribution in [2.45, 2.75) is 73.8 Å². The number of fused-ring (bicyclic) bond motifs is 3. The SMILES string of the molecule is CC.CC.CC.CC(=O)C1CCCc2n1c1ccccc1[n+]2C. The van der Waals surface area contributed by atoms with Gasteiger partial charge in [-0.25, -0.2) is 9.13 Å². The summed E-state index contributed by atoms with van der Waals surface area (Å²) >= 11 is 0. The summed E-state index contributed by atoms with van der Waals surface area (Å²) in [6, 6.07) is 8.36. The Hall–Kier alpha value is -1.64. The number of hydrogen-bond donors (Lipinski definition) is 0. The molecular formula is C20H35N2O+. The van der Waals surface area contributed by atoms with Crippen LogP contribution in [0.1, 0.15) is 73.2 Å². The van der Waals surface area contributed by atoms with Gasteiger partial charge in [-0.3, -0.25) is 4.79 Å². The number of benzene rings is 1. The fraction of sp³-hybridized carbons (Fsp3) is 0.600. The number of imidazole rings is 1. The molecule has 1 aliphatic rings. The number of carbonyl (C=O) groups excluding carboxylic acids is 1. The second kappa shape index (κ2) is 11.0. The molecular weight excluding hydrogens is 284 g/mol. The van der Waals surface area contributed by atoms with Crippen molar-refractivity contribution in [1.29, 1.82) is 0 Å². The quantitative estimate of drug-likeness (QED) is 0.678. The Kier molecular flexibility index (Phi) is 10.2. The molecule has 0 radical (unpaired) electrons. The van der Waals surface area contributed by atoms with Gasteiger partial charge in [0.15, 0.2) is 22.9 Å². The standard InChI is InChI=1S/C14H17N2O.3C2H6/c1-10(17)11-8-5-9-14-15(2)12-6-3-4-7-13(12)16(11)14;3*1-2/h3-4,6-7,11H,5,8-9H2,1-2H3;3*1-2H3/q+1;;;. The molecule has 23 heavy (non-hydrogen) atoms. The van der Waals surface area contributed by atoms with Crippen LogP contribution < -0.4 is 4.57 Å². The average Bonchev–Trinajstić information content (AvgIpc) is 2.93. The first-order valence-corrected chi connectivity index (χ1v) is 9.18. The molecule has 3 rings (SSSR count). The minimum Gasteiger partial charge on any atom is -0.295 e. The Morgan fingerprint density at radius 2 is 1.65 bits per heavy atom. The Labute approximate surface area is 142 Å². The van der Waals surface area contributed by atoms with Gasteiger partial charge in [0.2, 0.25) is 0 Å². The number of para-hydroxylation sites is 2. The first-order valence-electron chi connectivity index (χ1n) is 9.18. The molecule has 0 aliphatic carbocycles.